The van der Waals surface area contributed by atoms with E-state index in [1.807, 2.05) is 13.8 Å². The van der Waals surface area contributed by atoms with Crippen LogP contribution < -0.4 is 9.62 Å². The summed E-state index contributed by atoms with van der Waals surface area (Å²) in [7, 11) is -4.25. The van der Waals surface area contributed by atoms with Crippen LogP contribution in [0.15, 0.2) is 72.8 Å². The van der Waals surface area contributed by atoms with Crippen LogP contribution in [0.5, 0.6) is 0 Å². The average Bonchev–Trinajstić information content (AvgIpc) is 2.92. The van der Waals surface area contributed by atoms with Crippen LogP contribution in [0.4, 0.5) is 18.9 Å². The maximum atomic E-state index is 14.1. The molecule has 0 saturated heterocycles. The first-order valence-corrected chi connectivity index (χ1v) is 15.9. The molecule has 1 N–H and O–H groups in total. The van der Waals surface area contributed by atoms with Crippen molar-refractivity contribution in [3.8, 4) is 0 Å². The molecule has 0 aromatic heterocycles. The largest absolute Gasteiger partial charge is 0.416 e. The number of halogens is 5. The van der Waals surface area contributed by atoms with Crippen LogP contribution in [0.2, 0.25) is 10.0 Å². The highest BCUT2D eigenvalue weighted by molar-refractivity contribution is 7.92. The standard InChI is InChI=1S/C30H32Cl2F3N3O4S/c1-20(2)17-36-29(40)27(14-21-8-5-4-6-9-21)37(18-22-12-13-24(31)16-26(22)32)28(39)19-38(43(3,41)42)25-11-7-10-23(15-25)30(33,34)35/h4-13,15-16,20,27H,14,17-19H2,1-3H3,(H,36,40)/t27-/m0/s1. The summed E-state index contributed by atoms with van der Waals surface area (Å²) in [4.78, 5) is 28.9. The first kappa shape index (κ1) is 34.2. The Morgan fingerprint density at radius 3 is 2.21 bits per heavy atom. The van der Waals surface area contributed by atoms with Gasteiger partial charge in [-0.2, -0.15) is 13.2 Å². The summed E-state index contributed by atoms with van der Waals surface area (Å²) in [5.41, 5.74) is -0.269. The summed E-state index contributed by atoms with van der Waals surface area (Å²) >= 11 is 12.5. The Hall–Kier alpha value is -3.28. The molecule has 0 bridgehead atoms. The molecule has 232 valence electrons. The minimum Gasteiger partial charge on any atom is -0.354 e. The number of hydrogen-bond donors (Lipinski definition) is 1. The minimum absolute atomic E-state index is 0.0736. The van der Waals surface area contributed by atoms with E-state index >= 15 is 0 Å². The summed E-state index contributed by atoms with van der Waals surface area (Å²) < 4.78 is 66.6. The fourth-order valence-electron chi connectivity index (χ4n) is 4.26. The summed E-state index contributed by atoms with van der Waals surface area (Å²) in [6, 6.07) is 16.1. The van der Waals surface area contributed by atoms with Crippen molar-refractivity contribution in [1.82, 2.24) is 10.2 Å². The van der Waals surface area contributed by atoms with Crippen LogP contribution in [-0.2, 0) is 38.8 Å². The van der Waals surface area contributed by atoms with Gasteiger partial charge < -0.3 is 10.2 Å². The van der Waals surface area contributed by atoms with Gasteiger partial charge in [-0.05, 0) is 47.4 Å². The van der Waals surface area contributed by atoms with Crippen LogP contribution in [0.3, 0.4) is 0 Å². The minimum atomic E-state index is -4.74. The highest BCUT2D eigenvalue weighted by Crippen LogP contribution is 2.32. The van der Waals surface area contributed by atoms with Crippen LogP contribution in [0, 0.1) is 5.92 Å². The third-order valence-corrected chi connectivity index (χ3v) is 8.18. The lowest BCUT2D eigenvalue weighted by Gasteiger charge is -2.34. The van der Waals surface area contributed by atoms with Crippen molar-refractivity contribution >= 4 is 50.7 Å². The quantitative estimate of drug-likeness (QED) is 0.252. The molecule has 0 spiro atoms. The number of carbonyl (C=O) groups is 2. The van der Waals surface area contributed by atoms with Crippen LogP contribution >= 0.6 is 23.2 Å². The van der Waals surface area contributed by atoms with Crippen molar-refractivity contribution in [2.45, 2.75) is 39.0 Å². The zero-order valence-corrected chi connectivity index (χ0v) is 26.1. The number of sulfonamides is 1. The molecule has 0 saturated carbocycles. The zero-order valence-electron chi connectivity index (χ0n) is 23.7. The Morgan fingerprint density at radius 1 is 0.953 bits per heavy atom. The van der Waals surface area contributed by atoms with Gasteiger partial charge >= 0.3 is 6.18 Å². The monoisotopic (exact) mass is 657 g/mol. The fraction of sp³-hybridized carbons (Fsp3) is 0.333. The zero-order chi connectivity index (χ0) is 31.9. The summed E-state index contributed by atoms with van der Waals surface area (Å²) in [5, 5.41) is 3.40. The van der Waals surface area contributed by atoms with E-state index in [0.717, 1.165) is 24.0 Å². The molecule has 3 aromatic rings. The molecule has 0 aliphatic carbocycles. The third-order valence-electron chi connectivity index (χ3n) is 6.45. The second-order valence-electron chi connectivity index (χ2n) is 10.4. The summed E-state index contributed by atoms with van der Waals surface area (Å²) in [5.74, 6) is -1.21. The molecule has 2 amide bonds. The van der Waals surface area contributed by atoms with Crippen LogP contribution in [0.25, 0.3) is 0 Å². The molecule has 0 unspecified atom stereocenters. The molecule has 1 atom stereocenters. The maximum Gasteiger partial charge on any atom is 0.416 e. The Morgan fingerprint density at radius 2 is 1.63 bits per heavy atom. The van der Waals surface area contributed by atoms with E-state index in [1.165, 1.54) is 17.0 Å². The predicted octanol–water partition coefficient (Wildman–Crippen LogP) is 6.19. The molecule has 7 nitrogen and oxygen atoms in total. The Bertz CT molecular complexity index is 1540. The van der Waals surface area contributed by atoms with Gasteiger partial charge in [0, 0.05) is 29.6 Å². The molecule has 0 fully saturated rings. The van der Waals surface area contributed by atoms with E-state index < -0.39 is 46.2 Å². The molecule has 0 heterocycles. The molecule has 13 heteroatoms. The molecule has 0 aliphatic rings. The van der Waals surface area contributed by atoms with Gasteiger partial charge in [0.1, 0.15) is 12.6 Å². The van der Waals surface area contributed by atoms with Crippen LogP contribution in [-0.4, -0.2) is 50.5 Å². The van der Waals surface area contributed by atoms with Crippen molar-refractivity contribution in [3.63, 3.8) is 0 Å². The molecular formula is C30H32Cl2F3N3O4S. The van der Waals surface area contributed by atoms with Gasteiger partial charge in [0.05, 0.1) is 17.5 Å². The lowest BCUT2D eigenvalue weighted by Crippen LogP contribution is -2.53. The maximum absolute atomic E-state index is 14.1. The number of nitrogens with zero attached hydrogens (tertiary/aromatic N) is 2. The second-order valence-corrected chi connectivity index (χ2v) is 13.2. The molecule has 0 aliphatic heterocycles. The van der Waals surface area contributed by atoms with E-state index in [4.69, 9.17) is 23.2 Å². The number of nitrogens with one attached hydrogen (secondary N) is 1. The van der Waals surface area contributed by atoms with E-state index in [2.05, 4.69) is 5.32 Å². The third kappa shape index (κ3) is 9.87. The number of benzene rings is 3. The number of alkyl halides is 3. The highest BCUT2D eigenvalue weighted by Gasteiger charge is 2.35. The Balaban J connectivity index is 2.10. The summed E-state index contributed by atoms with van der Waals surface area (Å²) in [6.07, 6.45) is -3.88. The molecule has 0 radical (unpaired) electrons. The first-order valence-electron chi connectivity index (χ1n) is 13.3. The summed E-state index contributed by atoms with van der Waals surface area (Å²) in [6.45, 7) is 3.05. The van der Waals surface area contributed by atoms with Crippen molar-refractivity contribution in [2.24, 2.45) is 5.92 Å². The lowest BCUT2D eigenvalue weighted by molar-refractivity contribution is -0.140. The smallest absolute Gasteiger partial charge is 0.354 e. The van der Waals surface area contributed by atoms with Crippen molar-refractivity contribution in [1.29, 1.82) is 0 Å². The number of hydrogen-bond acceptors (Lipinski definition) is 4. The van der Waals surface area contributed by atoms with Crippen LogP contribution in [0.1, 0.15) is 30.5 Å². The topological polar surface area (TPSA) is 86.8 Å². The Kier molecular flexibility index (Phi) is 11.5. The predicted molar refractivity (Wildman–Crippen MR) is 162 cm³/mol. The van der Waals surface area contributed by atoms with E-state index in [0.29, 0.717) is 27.5 Å². The van der Waals surface area contributed by atoms with E-state index in [9.17, 15) is 31.2 Å². The van der Waals surface area contributed by atoms with Gasteiger partial charge in [-0.15, -0.1) is 0 Å². The number of amides is 2. The van der Waals surface area contributed by atoms with Gasteiger partial charge in [-0.25, -0.2) is 8.42 Å². The SMILES string of the molecule is CC(C)CNC(=O)[C@H](Cc1ccccc1)N(Cc1ccc(Cl)cc1Cl)C(=O)CN(c1cccc(C(F)(F)F)c1)S(C)(=O)=O. The normalized spacial score (nSPS) is 12.6. The first-order chi connectivity index (χ1) is 20.1. The van der Waals surface area contributed by atoms with E-state index in [1.54, 1.807) is 42.5 Å². The number of anilines is 1. The van der Waals surface area contributed by atoms with Crippen molar-refractivity contribution in [3.05, 3.63) is 99.5 Å². The van der Waals surface area contributed by atoms with Gasteiger partial charge in [0.25, 0.3) is 0 Å². The average molecular weight is 659 g/mol. The number of rotatable bonds is 12. The Labute approximate surface area is 259 Å². The highest BCUT2D eigenvalue weighted by atomic mass is 35.5. The van der Waals surface area contributed by atoms with E-state index in [-0.39, 0.29) is 29.6 Å². The molecular weight excluding hydrogens is 626 g/mol. The van der Waals surface area contributed by atoms with Crippen molar-refractivity contribution < 1.29 is 31.2 Å². The van der Waals surface area contributed by atoms with Gasteiger partial charge in [0.2, 0.25) is 21.8 Å². The number of carbonyl (C=O) groups excluding carboxylic acids is 2. The van der Waals surface area contributed by atoms with Gasteiger partial charge in [-0.3, -0.25) is 13.9 Å². The molecule has 3 rings (SSSR count). The van der Waals surface area contributed by atoms with Gasteiger partial charge in [-0.1, -0.05) is 79.5 Å². The fourth-order valence-corrected chi connectivity index (χ4v) is 5.57. The molecule has 3 aromatic carbocycles. The van der Waals surface area contributed by atoms with Crippen molar-refractivity contribution in [2.75, 3.05) is 23.7 Å². The lowest BCUT2D eigenvalue weighted by atomic mass is 10.0. The second kappa shape index (κ2) is 14.5. The van der Waals surface area contributed by atoms with Gasteiger partial charge in [0.15, 0.2) is 0 Å². The molecule has 43 heavy (non-hydrogen) atoms.